The molecule has 0 bridgehead atoms. The lowest BCUT2D eigenvalue weighted by molar-refractivity contribution is 0.0951. The van der Waals surface area contributed by atoms with E-state index >= 15 is 0 Å². The first-order valence-corrected chi connectivity index (χ1v) is 13.7. The van der Waals surface area contributed by atoms with E-state index < -0.39 is 0 Å². The van der Waals surface area contributed by atoms with Gasteiger partial charge in [-0.3, -0.25) is 19.7 Å². The normalized spacial score (nSPS) is 14.9. The molecule has 2 N–H and O–H groups in total. The van der Waals surface area contributed by atoms with Gasteiger partial charge >= 0.3 is 0 Å². The topological polar surface area (TPSA) is 73.9 Å². The molecule has 1 aliphatic carbocycles. The van der Waals surface area contributed by atoms with E-state index in [9.17, 15) is 4.79 Å². The van der Waals surface area contributed by atoms with Crippen LogP contribution in [0.4, 0.5) is 0 Å². The molecule has 196 valence electrons. The molecule has 1 amide bonds. The van der Waals surface area contributed by atoms with Gasteiger partial charge in [0.05, 0.1) is 22.3 Å². The van der Waals surface area contributed by atoms with Crippen LogP contribution >= 0.6 is 11.6 Å². The van der Waals surface area contributed by atoms with Gasteiger partial charge in [-0.15, -0.1) is 0 Å². The van der Waals surface area contributed by atoms with E-state index in [0.29, 0.717) is 17.1 Å². The third kappa shape index (κ3) is 5.58. The highest BCUT2D eigenvalue weighted by Crippen LogP contribution is 2.35. The minimum atomic E-state index is -0.208. The molecular weight excluding hydrogens is 506 g/mol. The van der Waals surface area contributed by atoms with Crippen molar-refractivity contribution in [3.05, 3.63) is 130 Å². The third-order valence-corrected chi connectivity index (χ3v) is 7.83. The fourth-order valence-electron chi connectivity index (χ4n) is 5.53. The average Bonchev–Trinajstić information content (AvgIpc) is 3.39. The number of aryl methyl sites for hydroxylation is 1. The third-order valence-electron chi connectivity index (χ3n) is 7.53. The maximum atomic E-state index is 12.5. The molecule has 6 rings (SSSR count). The molecule has 7 heteroatoms. The molecule has 6 nitrogen and oxygen atoms in total. The number of hydrogen-bond acceptors (Lipinski definition) is 4. The highest BCUT2D eigenvalue weighted by Gasteiger charge is 2.28. The van der Waals surface area contributed by atoms with Crippen LogP contribution in [-0.4, -0.2) is 25.8 Å². The van der Waals surface area contributed by atoms with Crippen LogP contribution in [0.25, 0.3) is 10.9 Å². The molecule has 39 heavy (non-hydrogen) atoms. The molecule has 0 fully saturated rings. The molecule has 5 aromatic rings. The van der Waals surface area contributed by atoms with Crippen molar-refractivity contribution in [2.75, 3.05) is 0 Å². The number of carbonyl (C=O) groups is 1. The van der Waals surface area contributed by atoms with Gasteiger partial charge < -0.3 is 10.3 Å². The predicted octanol–water partition coefficient (Wildman–Crippen LogP) is 6.62. The summed E-state index contributed by atoms with van der Waals surface area (Å²) in [6.07, 6.45) is 10.4. The molecule has 0 radical (unpaired) electrons. The van der Waals surface area contributed by atoms with Gasteiger partial charge in [0, 0.05) is 55.3 Å². The molecule has 2 aromatic carbocycles. The quantitative estimate of drug-likeness (QED) is 0.234. The number of pyridine rings is 2. The lowest BCUT2D eigenvalue weighted by Gasteiger charge is -2.35. The van der Waals surface area contributed by atoms with E-state index in [1.54, 1.807) is 12.3 Å². The fourth-order valence-corrected chi connectivity index (χ4v) is 5.74. The molecule has 1 atom stereocenters. The summed E-state index contributed by atoms with van der Waals surface area (Å²) in [4.78, 5) is 27.3. The van der Waals surface area contributed by atoms with Crippen molar-refractivity contribution < 1.29 is 4.79 Å². The molecular formula is C32H30ClN5O. The van der Waals surface area contributed by atoms with Crippen LogP contribution in [0.15, 0.2) is 91.5 Å². The summed E-state index contributed by atoms with van der Waals surface area (Å²) in [6.45, 7) is 2.06. The Morgan fingerprint density at radius 2 is 1.85 bits per heavy atom. The van der Waals surface area contributed by atoms with Gasteiger partial charge in [0.25, 0.3) is 5.91 Å². The van der Waals surface area contributed by atoms with E-state index in [4.69, 9.17) is 16.6 Å². The second-order valence-corrected chi connectivity index (χ2v) is 10.5. The Bertz CT molecular complexity index is 1600. The Hall–Kier alpha value is -4.00. The lowest BCUT2D eigenvalue weighted by Crippen LogP contribution is -2.31. The average molecular weight is 536 g/mol. The molecule has 3 aromatic heterocycles. The first-order chi connectivity index (χ1) is 19.2. The number of fused-ring (bicyclic) bond motifs is 2. The first kappa shape index (κ1) is 25.3. The number of benzene rings is 2. The second-order valence-electron chi connectivity index (χ2n) is 10.1. The van der Waals surface area contributed by atoms with Gasteiger partial charge in [0.15, 0.2) is 0 Å². The maximum absolute atomic E-state index is 12.5. The van der Waals surface area contributed by atoms with Gasteiger partial charge in [-0.25, -0.2) is 0 Å². The van der Waals surface area contributed by atoms with E-state index in [1.165, 1.54) is 34.0 Å². The van der Waals surface area contributed by atoms with Crippen molar-refractivity contribution in [2.24, 2.45) is 0 Å². The van der Waals surface area contributed by atoms with Gasteiger partial charge in [0.1, 0.15) is 0 Å². The molecule has 0 spiro atoms. The highest BCUT2D eigenvalue weighted by atomic mass is 35.5. The largest absolute Gasteiger partial charge is 0.361 e. The highest BCUT2D eigenvalue weighted by molar-refractivity contribution is 6.33. The Labute approximate surface area is 233 Å². The molecule has 0 saturated carbocycles. The monoisotopic (exact) mass is 535 g/mol. The molecule has 3 heterocycles. The smallest absolute Gasteiger partial charge is 0.253 e. The van der Waals surface area contributed by atoms with Crippen molar-refractivity contribution in [3.63, 3.8) is 0 Å². The molecule has 1 unspecified atom stereocenters. The summed E-state index contributed by atoms with van der Waals surface area (Å²) in [5.41, 5.74) is 7.71. The van der Waals surface area contributed by atoms with Gasteiger partial charge in [-0.1, -0.05) is 60.1 Å². The number of rotatable bonds is 8. The van der Waals surface area contributed by atoms with E-state index in [1.807, 2.05) is 12.3 Å². The number of aromatic amines is 1. The number of carbonyl (C=O) groups excluding carboxylic acids is 1. The number of aromatic nitrogens is 3. The minimum absolute atomic E-state index is 0.208. The number of nitrogens with one attached hydrogen (secondary N) is 2. The fraction of sp³-hybridized carbons (Fsp3) is 0.219. The second kappa shape index (κ2) is 11.4. The number of halogens is 1. The number of para-hydroxylation sites is 1. The van der Waals surface area contributed by atoms with Crippen LogP contribution < -0.4 is 5.32 Å². The van der Waals surface area contributed by atoms with Gasteiger partial charge in [0.2, 0.25) is 0 Å². The standard InChI is InChI=1S/C32H30ClN5O/c33-28-19-34-16-14-27(28)32(39)37-17-22-10-12-23(13-11-22)20-38(21-25-18-36-29-8-2-1-7-26(25)29)30-9-3-5-24-6-4-15-35-31(24)30/h1-2,4,6-8,10-16,18-19,30,36H,3,5,9,17,20-21H2,(H,37,39). The summed E-state index contributed by atoms with van der Waals surface area (Å²) in [7, 11) is 0. The number of hydrogen-bond donors (Lipinski definition) is 2. The van der Waals surface area contributed by atoms with Crippen LogP contribution in [0.3, 0.4) is 0 Å². The zero-order valence-electron chi connectivity index (χ0n) is 21.6. The van der Waals surface area contributed by atoms with Gasteiger partial charge in [-0.05, 0) is 59.7 Å². The maximum Gasteiger partial charge on any atom is 0.253 e. The Kier molecular flexibility index (Phi) is 7.39. The zero-order chi connectivity index (χ0) is 26.6. The molecule has 0 saturated heterocycles. The minimum Gasteiger partial charge on any atom is -0.361 e. The van der Waals surface area contributed by atoms with Crippen molar-refractivity contribution >= 4 is 28.4 Å². The van der Waals surface area contributed by atoms with E-state index in [2.05, 4.69) is 81.0 Å². The molecule has 0 aliphatic heterocycles. The zero-order valence-corrected chi connectivity index (χ0v) is 22.4. The summed E-state index contributed by atoms with van der Waals surface area (Å²) >= 11 is 6.11. The summed E-state index contributed by atoms with van der Waals surface area (Å²) in [5.74, 6) is -0.208. The Balaban J connectivity index is 1.21. The summed E-state index contributed by atoms with van der Waals surface area (Å²) in [6, 6.07) is 23.1. The number of H-pyrrole nitrogens is 1. The van der Waals surface area contributed by atoms with Crippen LogP contribution in [0.2, 0.25) is 5.02 Å². The van der Waals surface area contributed by atoms with E-state index in [-0.39, 0.29) is 11.9 Å². The Morgan fingerprint density at radius 3 is 2.72 bits per heavy atom. The summed E-state index contributed by atoms with van der Waals surface area (Å²) in [5, 5.41) is 4.56. The number of nitrogens with zero attached hydrogens (tertiary/aromatic N) is 3. The van der Waals surface area contributed by atoms with Crippen LogP contribution in [0, 0.1) is 0 Å². The van der Waals surface area contributed by atoms with Crippen molar-refractivity contribution in [1.82, 2.24) is 25.2 Å². The van der Waals surface area contributed by atoms with Crippen LogP contribution in [0.5, 0.6) is 0 Å². The van der Waals surface area contributed by atoms with Crippen molar-refractivity contribution in [1.29, 1.82) is 0 Å². The van der Waals surface area contributed by atoms with Crippen molar-refractivity contribution in [3.8, 4) is 0 Å². The SMILES string of the molecule is O=C(NCc1ccc(CN(Cc2c[nH]c3ccccc23)C2CCCc3cccnc32)cc1)c1ccncc1Cl. The number of amides is 1. The Morgan fingerprint density at radius 1 is 1.00 bits per heavy atom. The summed E-state index contributed by atoms with van der Waals surface area (Å²) < 4.78 is 0. The van der Waals surface area contributed by atoms with Gasteiger partial charge in [-0.2, -0.15) is 0 Å². The first-order valence-electron chi connectivity index (χ1n) is 13.3. The van der Waals surface area contributed by atoms with E-state index in [0.717, 1.165) is 43.4 Å². The lowest BCUT2D eigenvalue weighted by atomic mass is 9.90. The van der Waals surface area contributed by atoms with Crippen LogP contribution in [-0.2, 0) is 26.1 Å². The van der Waals surface area contributed by atoms with Crippen LogP contribution in [0.1, 0.15) is 57.2 Å². The molecule has 1 aliphatic rings. The van der Waals surface area contributed by atoms with Crippen molar-refractivity contribution in [2.45, 2.75) is 44.9 Å². The predicted molar refractivity (Wildman–Crippen MR) is 154 cm³/mol.